The summed E-state index contributed by atoms with van der Waals surface area (Å²) >= 11 is 1.18. The van der Waals surface area contributed by atoms with Gasteiger partial charge in [-0.25, -0.2) is 0 Å². The van der Waals surface area contributed by atoms with E-state index in [0.717, 1.165) is 0 Å². The third-order valence-electron chi connectivity index (χ3n) is 0.913. The zero-order chi connectivity index (χ0) is 7.98. The van der Waals surface area contributed by atoms with Crippen LogP contribution in [0.25, 0.3) is 0 Å². The summed E-state index contributed by atoms with van der Waals surface area (Å²) in [5, 5.41) is 2.53. The average molecular weight is 161 g/mol. The van der Waals surface area contributed by atoms with Gasteiger partial charge in [0, 0.05) is 26.1 Å². The molecule has 0 fully saturated rings. The van der Waals surface area contributed by atoms with Crippen LogP contribution in [0.3, 0.4) is 0 Å². The van der Waals surface area contributed by atoms with E-state index in [2.05, 4.69) is 5.32 Å². The molecule has 0 radical (unpaired) electrons. The van der Waals surface area contributed by atoms with E-state index in [9.17, 15) is 9.59 Å². The molecule has 0 aromatic rings. The van der Waals surface area contributed by atoms with Gasteiger partial charge in [-0.1, -0.05) is 11.8 Å². The molecule has 0 unspecified atom stereocenters. The van der Waals surface area contributed by atoms with E-state index in [1.807, 2.05) is 0 Å². The maximum atomic E-state index is 10.6. The van der Waals surface area contributed by atoms with Crippen molar-refractivity contribution < 1.29 is 9.59 Å². The molecule has 58 valence electrons. The zero-order valence-corrected chi connectivity index (χ0v) is 6.96. The van der Waals surface area contributed by atoms with Crippen molar-refractivity contribution in [2.75, 3.05) is 12.8 Å². The van der Waals surface area contributed by atoms with Crippen molar-refractivity contribution in [1.82, 2.24) is 5.32 Å². The molecule has 0 bridgehead atoms. The van der Waals surface area contributed by atoms with E-state index in [4.69, 9.17) is 0 Å². The van der Waals surface area contributed by atoms with E-state index in [-0.39, 0.29) is 11.0 Å². The van der Waals surface area contributed by atoms with E-state index in [1.165, 1.54) is 18.7 Å². The van der Waals surface area contributed by atoms with Gasteiger partial charge in [-0.05, 0) is 0 Å². The Kier molecular flexibility index (Phi) is 5.02. The van der Waals surface area contributed by atoms with Gasteiger partial charge in [-0.15, -0.1) is 0 Å². The first kappa shape index (κ1) is 9.49. The van der Waals surface area contributed by atoms with Crippen LogP contribution in [0, 0.1) is 0 Å². The molecule has 0 aromatic heterocycles. The van der Waals surface area contributed by atoms with E-state index in [1.54, 1.807) is 7.05 Å². The lowest BCUT2D eigenvalue weighted by molar-refractivity contribution is -0.120. The molecular formula is C6H11NO2S. The standard InChI is InChI=1S/C6H11NO2S/c1-5(8)10-4-3-6(9)7-2/h3-4H2,1-2H3,(H,7,9). The Hall–Kier alpha value is -0.510. The number of thioether (sulfide) groups is 1. The van der Waals surface area contributed by atoms with Gasteiger partial charge >= 0.3 is 0 Å². The SMILES string of the molecule is CNC(=O)CCSC(C)=O. The van der Waals surface area contributed by atoms with Crippen LogP contribution in [0.2, 0.25) is 0 Å². The monoisotopic (exact) mass is 161 g/mol. The van der Waals surface area contributed by atoms with Crippen LogP contribution in [-0.4, -0.2) is 23.8 Å². The van der Waals surface area contributed by atoms with Crippen LogP contribution >= 0.6 is 11.8 Å². The van der Waals surface area contributed by atoms with Gasteiger partial charge in [0.15, 0.2) is 5.12 Å². The van der Waals surface area contributed by atoms with Gasteiger partial charge < -0.3 is 5.32 Å². The number of rotatable bonds is 3. The molecule has 0 rings (SSSR count). The second kappa shape index (κ2) is 5.29. The Labute approximate surface area is 64.6 Å². The van der Waals surface area contributed by atoms with Crippen molar-refractivity contribution in [2.24, 2.45) is 0 Å². The van der Waals surface area contributed by atoms with Crippen LogP contribution in [0.1, 0.15) is 13.3 Å². The molecule has 0 atom stereocenters. The van der Waals surface area contributed by atoms with Crippen LogP contribution < -0.4 is 5.32 Å². The normalized spacial score (nSPS) is 9.00. The molecule has 10 heavy (non-hydrogen) atoms. The van der Waals surface area contributed by atoms with Gasteiger partial charge in [0.2, 0.25) is 5.91 Å². The third-order valence-corrected chi connectivity index (χ3v) is 1.73. The van der Waals surface area contributed by atoms with E-state index < -0.39 is 0 Å². The van der Waals surface area contributed by atoms with Crippen molar-refractivity contribution >= 4 is 22.8 Å². The van der Waals surface area contributed by atoms with Crippen molar-refractivity contribution in [3.05, 3.63) is 0 Å². The summed E-state index contributed by atoms with van der Waals surface area (Å²) in [6, 6.07) is 0. The molecule has 0 heterocycles. The summed E-state index contributed by atoms with van der Waals surface area (Å²) in [5.74, 6) is 0.559. The molecule has 1 N–H and O–H groups in total. The van der Waals surface area contributed by atoms with Gasteiger partial charge in [-0.2, -0.15) is 0 Å². The van der Waals surface area contributed by atoms with E-state index >= 15 is 0 Å². The van der Waals surface area contributed by atoms with Crippen molar-refractivity contribution in [3.63, 3.8) is 0 Å². The van der Waals surface area contributed by atoms with Gasteiger partial charge in [0.05, 0.1) is 0 Å². The molecule has 1 amide bonds. The van der Waals surface area contributed by atoms with Crippen LogP contribution in [0.4, 0.5) is 0 Å². The fraction of sp³-hybridized carbons (Fsp3) is 0.667. The second-order valence-corrected chi connectivity index (χ2v) is 3.04. The summed E-state index contributed by atoms with van der Waals surface area (Å²) in [4.78, 5) is 20.9. The smallest absolute Gasteiger partial charge is 0.220 e. The highest BCUT2D eigenvalue weighted by Crippen LogP contribution is 2.02. The lowest BCUT2D eigenvalue weighted by atomic mass is 10.5. The summed E-state index contributed by atoms with van der Waals surface area (Å²) in [6.45, 7) is 1.49. The van der Waals surface area contributed by atoms with Gasteiger partial charge in [-0.3, -0.25) is 9.59 Å². The first-order chi connectivity index (χ1) is 4.66. The summed E-state index contributed by atoms with van der Waals surface area (Å²) < 4.78 is 0. The fourth-order valence-corrected chi connectivity index (χ4v) is 0.987. The molecular weight excluding hydrogens is 150 g/mol. The predicted molar refractivity (Wildman–Crippen MR) is 41.8 cm³/mol. The molecule has 3 nitrogen and oxygen atoms in total. The number of carbonyl (C=O) groups excluding carboxylic acids is 2. The number of hydrogen-bond donors (Lipinski definition) is 1. The van der Waals surface area contributed by atoms with Crippen LogP contribution in [0.5, 0.6) is 0 Å². The highest BCUT2D eigenvalue weighted by Gasteiger charge is 1.98. The van der Waals surface area contributed by atoms with Crippen LogP contribution in [0.15, 0.2) is 0 Å². The molecule has 4 heteroatoms. The fourth-order valence-electron chi connectivity index (χ4n) is 0.412. The maximum absolute atomic E-state index is 10.6. The van der Waals surface area contributed by atoms with Crippen molar-refractivity contribution in [1.29, 1.82) is 0 Å². The number of amides is 1. The quantitative estimate of drug-likeness (QED) is 0.651. The summed E-state index contributed by atoms with van der Waals surface area (Å²) in [7, 11) is 1.58. The first-order valence-corrected chi connectivity index (χ1v) is 3.99. The molecule has 0 aromatic carbocycles. The Morgan fingerprint density at radius 3 is 2.50 bits per heavy atom. The Bertz CT molecular complexity index is 136. The lowest BCUT2D eigenvalue weighted by Gasteiger charge is -1.95. The topological polar surface area (TPSA) is 46.2 Å². The number of nitrogens with one attached hydrogen (secondary N) is 1. The summed E-state index contributed by atoms with van der Waals surface area (Å²) in [5.41, 5.74) is 0. The van der Waals surface area contributed by atoms with Crippen molar-refractivity contribution in [2.45, 2.75) is 13.3 Å². The maximum Gasteiger partial charge on any atom is 0.220 e. The van der Waals surface area contributed by atoms with Gasteiger partial charge in [0.25, 0.3) is 0 Å². The van der Waals surface area contributed by atoms with Crippen LogP contribution in [-0.2, 0) is 9.59 Å². The first-order valence-electron chi connectivity index (χ1n) is 3.00. The molecule has 0 aliphatic carbocycles. The Morgan fingerprint density at radius 2 is 2.10 bits per heavy atom. The number of carbonyl (C=O) groups is 2. The van der Waals surface area contributed by atoms with Crippen molar-refractivity contribution in [3.8, 4) is 0 Å². The highest BCUT2D eigenvalue weighted by atomic mass is 32.2. The molecule has 0 spiro atoms. The molecule has 0 aliphatic rings. The lowest BCUT2D eigenvalue weighted by Crippen LogP contribution is -2.18. The minimum absolute atomic E-state index is 0.0197. The average Bonchev–Trinajstić information content (AvgIpc) is 1.87. The molecule has 0 aliphatic heterocycles. The molecule has 0 saturated carbocycles. The Balaban J connectivity index is 3.20. The Morgan fingerprint density at radius 1 is 1.50 bits per heavy atom. The van der Waals surface area contributed by atoms with E-state index in [0.29, 0.717) is 12.2 Å². The third kappa shape index (κ3) is 5.62. The minimum atomic E-state index is -0.0197. The molecule has 0 saturated heterocycles. The number of hydrogen-bond acceptors (Lipinski definition) is 3. The second-order valence-electron chi connectivity index (χ2n) is 1.76. The summed E-state index contributed by atoms with van der Waals surface area (Å²) in [6.07, 6.45) is 0.417. The minimum Gasteiger partial charge on any atom is -0.359 e. The zero-order valence-electron chi connectivity index (χ0n) is 6.14. The predicted octanol–water partition coefficient (Wildman–Crippen LogP) is 0.402. The highest BCUT2D eigenvalue weighted by molar-refractivity contribution is 8.13. The largest absolute Gasteiger partial charge is 0.359 e. The van der Waals surface area contributed by atoms with Gasteiger partial charge in [0.1, 0.15) is 0 Å².